The Balaban J connectivity index is 3.27. The monoisotopic (exact) mass is 216 g/mol. The van der Waals surface area contributed by atoms with Crippen LogP contribution in [0, 0.1) is 0 Å². The number of hydrogen-bond acceptors (Lipinski definition) is 3. The first kappa shape index (κ1) is 14.0. The fraction of sp³-hybridized carbons (Fsp3) is 0.818. The Labute approximate surface area is 93.1 Å². The van der Waals surface area contributed by atoms with Crippen LogP contribution in [-0.4, -0.2) is 49.6 Å². The van der Waals surface area contributed by atoms with E-state index in [9.17, 15) is 0 Å². The van der Waals surface area contributed by atoms with E-state index in [-0.39, 0.29) is 0 Å². The molecule has 0 aromatic rings. The van der Waals surface area contributed by atoms with Crippen LogP contribution < -0.4 is 5.32 Å². The lowest BCUT2D eigenvalue weighted by Gasteiger charge is -2.11. The van der Waals surface area contributed by atoms with Crippen LogP contribution in [-0.2, 0) is 0 Å². The predicted molar refractivity (Wildman–Crippen MR) is 68.2 cm³/mol. The molecule has 3 heteroatoms. The van der Waals surface area contributed by atoms with Gasteiger partial charge in [-0.1, -0.05) is 26.0 Å². The summed E-state index contributed by atoms with van der Waals surface area (Å²) in [6, 6.07) is 0.554. The summed E-state index contributed by atoms with van der Waals surface area (Å²) in [7, 11) is 4.21. The molecule has 1 N–H and O–H groups in total. The maximum absolute atomic E-state index is 4.05. The Kier molecular flexibility index (Phi) is 8.34. The molecule has 0 amide bonds. The van der Waals surface area contributed by atoms with Crippen molar-refractivity contribution >= 4 is 11.8 Å². The molecule has 0 aromatic carbocycles. The fourth-order valence-corrected chi connectivity index (χ4v) is 1.89. The van der Waals surface area contributed by atoms with Crippen molar-refractivity contribution in [2.24, 2.45) is 0 Å². The van der Waals surface area contributed by atoms with Crippen LogP contribution in [0.4, 0.5) is 0 Å². The third kappa shape index (κ3) is 10.1. The van der Waals surface area contributed by atoms with Gasteiger partial charge in [0.05, 0.1) is 0 Å². The van der Waals surface area contributed by atoms with Crippen molar-refractivity contribution in [1.82, 2.24) is 10.2 Å². The highest BCUT2D eigenvalue weighted by Crippen LogP contribution is 2.05. The Morgan fingerprint density at radius 3 is 2.57 bits per heavy atom. The molecular weight excluding hydrogens is 192 g/mol. The number of rotatable bonds is 8. The van der Waals surface area contributed by atoms with Gasteiger partial charge < -0.3 is 10.2 Å². The van der Waals surface area contributed by atoms with E-state index in [2.05, 4.69) is 44.7 Å². The molecule has 0 saturated heterocycles. The minimum atomic E-state index is 0.554. The van der Waals surface area contributed by atoms with Gasteiger partial charge in [0.2, 0.25) is 0 Å². The first-order valence-electron chi connectivity index (χ1n) is 5.15. The molecule has 0 aromatic heterocycles. The van der Waals surface area contributed by atoms with Gasteiger partial charge in [0.1, 0.15) is 0 Å². The summed E-state index contributed by atoms with van der Waals surface area (Å²) in [5.41, 5.74) is 1.29. The quantitative estimate of drug-likeness (QED) is 0.492. The lowest BCUT2D eigenvalue weighted by atomic mass is 10.3. The molecule has 0 aliphatic carbocycles. The molecule has 0 heterocycles. The summed E-state index contributed by atoms with van der Waals surface area (Å²) in [4.78, 5) is 2.21. The largest absolute Gasteiger partial charge is 0.311 e. The van der Waals surface area contributed by atoms with E-state index in [0.29, 0.717) is 6.04 Å². The molecule has 0 fully saturated rings. The summed E-state index contributed by atoms with van der Waals surface area (Å²) in [5.74, 6) is 2.27. The average molecular weight is 216 g/mol. The molecule has 0 spiro atoms. The van der Waals surface area contributed by atoms with Crippen molar-refractivity contribution < 1.29 is 0 Å². The van der Waals surface area contributed by atoms with E-state index < -0.39 is 0 Å². The predicted octanol–water partition coefficient (Wildman–Crippen LogP) is 1.84. The van der Waals surface area contributed by atoms with Crippen LogP contribution in [0.15, 0.2) is 12.2 Å². The molecule has 0 aliphatic rings. The standard InChI is InChI=1S/C11H24N2S/c1-10(2)12-8-11(3)9-14-7-6-13(4)5/h10,12H,3,6-9H2,1-2,4-5H3. The van der Waals surface area contributed by atoms with E-state index >= 15 is 0 Å². The van der Waals surface area contributed by atoms with Gasteiger partial charge >= 0.3 is 0 Å². The molecule has 0 unspecified atom stereocenters. The SMILES string of the molecule is C=C(CNC(C)C)CSCCN(C)C. The smallest absolute Gasteiger partial charge is 0.0172 e. The first-order valence-corrected chi connectivity index (χ1v) is 6.30. The molecule has 2 nitrogen and oxygen atoms in total. The van der Waals surface area contributed by atoms with Crippen LogP contribution >= 0.6 is 11.8 Å². The van der Waals surface area contributed by atoms with Crippen molar-refractivity contribution in [1.29, 1.82) is 0 Å². The van der Waals surface area contributed by atoms with Crippen LogP contribution in [0.5, 0.6) is 0 Å². The van der Waals surface area contributed by atoms with Gasteiger partial charge in [0, 0.05) is 30.6 Å². The molecule has 0 saturated carbocycles. The highest BCUT2D eigenvalue weighted by atomic mass is 32.2. The fourth-order valence-electron chi connectivity index (χ4n) is 0.863. The second kappa shape index (κ2) is 8.33. The Morgan fingerprint density at radius 2 is 2.07 bits per heavy atom. The molecule has 0 rings (SSSR count). The van der Waals surface area contributed by atoms with E-state index in [0.717, 1.165) is 18.8 Å². The van der Waals surface area contributed by atoms with Gasteiger partial charge in [-0.05, 0) is 14.1 Å². The molecular formula is C11H24N2S. The lowest BCUT2D eigenvalue weighted by Crippen LogP contribution is -2.25. The summed E-state index contributed by atoms with van der Waals surface area (Å²) in [6.45, 7) is 10.5. The minimum Gasteiger partial charge on any atom is -0.311 e. The van der Waals surface area contributed by atoms with Crippen molar-refractivity contribution in [2.75, 3.05) is 38.7 Å². The average Bonchev–Trinajstić information content (AvgIpc) is 2.08. The summed E-state index contributed by atoms with van der Waals surface area (Å²) < 4.78 is 0. The molecule has 0 radical (unpaired) electrons. The van der Waals surface area contributed by atoms with Gasteiger partial charge in [0.15, 0.2) is 0 Å². The molecule has 14 heavy (non-hydrogen) atoms. The third-order valence-corrected chi connectivity index (χ3v) is 2.83. The van der Waals surface area contributed by atoms with Gasteiger partial charge in [-0.2, -0.15) is 11.8 Å². The molecule has 0 aliphatic heterocycles. The van der Waals surface area contributed by atoms with Crippen LogP contribution in [0.3, 0.4) is 0 Å². The summed E-state index contributed by atoms with van der Waals surface area (Å²) in [6.07, 6.45) is 0. The van der Waals surface area contributed by atoms with Crippen molar-refractivity contribution in [2.45, 2.75) is 19.9 Å². The number of thioether (sulfide) groups is 1. The molecule has 84 valence electrons. The van der Waals surface area contributed by atoms with Gasteiger partial charge in [-0.15, -0.1) is 0 Å². The van der Waals surface area contributed by atoms with Crippen molar-refractivity contribution in [3.05, 3.63) is 12.2 Å². The highest BCUT2D eigenvalue weighted by molar-refractivity contribution is 7.99. The van der Waals surface area contributed by atoms with Crippen LogP contribution in [0.25, 0.3) is 0 Å². The zero-order valence-electron chi connectivity index (χ0n) is 9.97. The first-order chi connectivity index (χ1) is 6.52. The zero-order chi connectivity index (χ0) is 11.0. The summed E-state index contributed by atoms with van der Waals surface area (Å²) >= 11 is 1.96. The minimum absolute atomic E-state index is 0.554. The Hall–Kier alpha value is 0.01000. The zero-order valence-corrected chi connectivity index (χ0v) is 10.8. The van der Waals surface area contributed by atoms with Crippen molar-refractivity contribution in [3.8, 4) is 0 Å². The van der Waals surface area contributed by atoms with Gasteiger partial charge in [-0.3, -0.25) is 0 Å². The van der Waals surface area contributed by atoms with Crippen LogP contribution in [0.2, 0.25) is 0 Å². The normalized spacial score (nSPS) is 11.3. The number of nitrogens with one attached hydrogen (secondary N) is 1. The van der Waals surface area contributed by atoms with E-state index in [1.807, 2.05) is 11.8 Å². The Morgan fingerprint density at radius 1 is 1.43 bits per heavy atom. The molecule has 0 atom stereocenters. The van der Waals surface area contributed by atoms with E-state index in [1.165, 1.54) is 11.3 Å². The highest BCUT2D eigenvalue weighted by Gasteiger charge is 1.97. The lowest BCUT2D eigenvalue weighted by molar-refractivity contribution is 0.437. The maximum atomic E-state index is 4.05. The number of nitrogens with zero attached hydrogens (tertiary/aromatic N) is 1. The topological polar surface area (TPSA) is 15.3 Å². The summed E-state index contributed by atoms with van der Waals surface area (Å²) in [5, 5.41) is 3.37. The second-order valence-electron chi connectivity index (χ2n) is 4.14. The van der Waals surface area contributed by atoms with Gasteiger partial charge in [0.25, 0.3) is 0 Å². The number of hydrogen-bond donors (Lipinski definition) is 1. The van der Waals surface area contributed by atoms with Crippen molar-refractivity contribution in [3.63, 3.8) is 0 Å². The third-order valence-electron chi connectivity index (χ3n) is 1.75. The van der Waals surface area contributed by atoms with E-state index in [4.69, 9.17) is 0 Å². The van der Waals surface area contributed by atoms with E-state index in [1.54, 1.807) is 0 Å². The van der Waals surface area contributed by atoms with Crippen LogP contribution in [0.1, 0.15) is 13.8 Å². The Bertz CT molecular complexity index is 155. The molecule has 0 bridgehead atoms. The second-order valence-corrected chi connectivity index (χ2v) is 5.25. The maximum Gasteiger partial charge on any atom is 0.0172 e. The van der Waals surface area contributed by atoms with Gasteiger partial charge in [-0.25, -0.2) is 0 Å².